The Morgan fingerprint density at radius 3 is 3.00 bits per heavy atom. The highest BCUT2D eigenvalue weighted by atomic mass is 19.1. The van der Waals surface area contributed by atoms with Gasteiger partial charge < -0.3 is 15.0 Å². The summed E-state index contributed by atoms with van der Waals surface area (Å²) in [4.78, 5) is 14.1. The summed E-state index contributed by atoms with van der Waals surface area (Å²) in [5, 5.41) is 2.78. The molecular formula is C13H15FN2O2. The van der Waals surface area contributed by atoms with Crippen LogP contribution >= 0.6 is 0 Å². The molecule has 2 unspecified atom stereocenters. The summed E-state index contributed by atoms with van der Waals surface area (Å²) < 4.78 is 18.6. The maximum Gasteiger partial charge on any atom is 0.247 e. The number of halogens is 1. The number of nitrogens with one attached hydrogen (secondary N) is 1. The molecule has 18 heavy (non-hydrogen) atoms. The molecule has 1 saturated heterocycles. The predicted octanol–water partition coefficient (Wildman–Crippen LogP) is 2.00. The molecule has 2 atom stereocenters. The van der Waals surface area contributed by atoms with Crippen molar-refractivity contribution in [3.63, 3.8) is 0 Å². The molecule has 0 bridgehead atoms. The first-order valence-electron chi connectivity index (χ1n) is 6.07. The van der Waals surface area contributed by atoms with Gasteiger partial charge in [0.15, 0.2) is 11.6 Å². The number of fused-ring (bicyclic) bond motifs is 3. The van der Waals surface area contributed by atoms with Crippen molar-refractivity contribution >= 4 is 17.3 Å². The number of rotatable bonds is 1. The van der Waals surface area contributed by atoms with E-state index in [4.69, 9.17) is 4.74 Å². The van der Waals surface area contributed by atoms with Gasteiger partial charge >= 0.3 is 0 Å². The monoisotopic (exact) mass is 250 g/mol. The number of methoxy groups -OCH3 is 1. The quantitative estimate of drug-likeness (QED) is 0.829. The van der Waals surface area contributed by atoms with E-state index in [1.54, 1.807) is 6.07 Å². The van der Waals surface area contributed by atoms with Gasteiger partial charge in [0.25, 0.3) is 0 Å². The van der Waals surface area contributed by atoms with Crippen LogP contribution in [0.2, 0.25) is 0 Å². The zero-order valence-electron chi connectivity index (χ0n) is 10.4. The van der Waals surface area contributed by atoms with Crippen LogP contribution in [-0.2, 0) is 4.79 Å². The molecule has 3 rings (SSSR count). The topological polar surface area (TPSA) is 41.6 Å². The average Bonchev–Trinajstić information content (AvgIpc) is 2.72. The van der Waals surface area contributed by atoms with Crippen LogP contribution in [0.25, 0.3) is 0 Å². The Labute approximate surface area is 105 Å². The number of ether oxygens (including phenoxy) is 1. The number of nitrogens with zero attached hydrogens (tertiary/aromatic N) is 1. The summed E-state index contributed by atoms with van der Waals surface area (Å²) in [7, 11) is 1.44. The van der Waals surface area contributed by atoms with Crippen LogP contribution in [0.4, 0.5) is 15.8 Å². The Morgan fingerprint density at radius 1 is 1.50 bits per heavy atom. The first-order chi connectivity index (χ1) is 8.61. The molecule has 1 N–H and O–H groups in total. The average molecular weight is 250 g/mol. The number of benzene rings is 1. The van der Waals surface area contributed by atoms with Gasteiger partial charge in [0.1, 0.15) is 6.04 Å². The Balaban J connectivity index is 2.11. The van der Waals surface area contributed by atoms with E-state index in [9.17, 15) is 9.18 Å². The van der Waals surface area contributed by atoms with E-state index in [0.29, 0.717) is 11.6 Å². The molecule has 96 valence electrons. The second-order valence-electron chi connectivity index (χ2n) is 4.90. The van der Waals surface area contributed by atoms with Crippen LogP contribution in [0, 0.1) is 11.7 Å². The maximum atomic E-state index is 13.6. The lowest BCUT2D eigenvalue weighted by molar-refractivity contribution is -0.118. The minimum absolute atomic E-state index is 0.0444. The highest BCUT2D eigenvalue weighted by Crippen LogP contribution is 2.41. The van der Waals surface area contributed by atoms with Gasteiger partial charge in [0, 0.05) is 18.7 Å². The number of carbonyl (C=O) groups is 1. The van der Waals surface area contributed by atoms with Crippen molar-refractivity contribution in [3.8, 4) is 5.75 Å². The van der Waals surface area contributed by atoms with Crippen LogP contribution in [0.1, 0.15) is 13.3 Å². The van der Waals surface area contributed by atoms with Crippen LogP contribution in [0.3, 0.4) is 0 Å². The van der Waals surface area contributed by atoms with E-state index in [1.807, 2.05) is 4.90 Å². The number of hydrogen-bond acceptors (Lipinski definition) is 3. The smallest absolute Gasteiger partial charge is 0.247 e. The second kappa shape index (κ2) is 3.86. The van der Waals surface area contributed by atoms with Crippen molar-refractivity contribution < 1.29 is 13.9 Å². The highest BCUT2D eigenvalue weighted by Gasteiger charge is 2.41. The molecule has 0 saturated carbocycles. The molecule has 0 aliphatic carbocycles. The van der Waals surface area contributed by atoms with Crippen LogP contribution < -0.4 is 15.0 Å². The largest absolute Gasteiger partial charge is 0.494 e. The molecule has 1 amide bonds. The van der Waals surface area contributed by atoms with Crippen molar-refractivity contribution in [2.75, 3.05) is 23.9 Å². The lowest BCUT2D eigenvalue weighted by atomic mass is 10.00. The Hall–Kier alpha value is -1.78. The predicted molar refractivity (Wildman–Crippen MR) is 66.5 cm³/mol. The minimum atomic E-state index is -0.456. The van der Waals surface area contributed by atoms with Crippen molar-refractivity contribution in [2.45, 2.75) is 19.4 Å². The fraction of sp³-hybridized carbons (Fsp3) is 0.462. The van der Waals surface area contributed by atoms with Gasteiger partial charge in [0.2, 0.25) is 5.91 Å². The normalized spacial score (nSPS) is 25.5. The lowest BCUT2D eigenvalue weighted by Gasteiger charge is -2.34. The zero-order valence-corrected chi connectivity index (χ0v) is 10.4. The molecule has 0 aromatic heterocycles. The maximum absolute atomic E-state index is 13.6. The van der Waals surface area contributed by atoms with Crippen molar-refractivity contribution in [1.82, 2.24) is 0 Å². The van der Waals surface area contributed by atoms with Gasteiger partial charge in [-0.25, -0.2) is 4.39 Å². The molecule has 2 heterocycles. The van der Waals surface area contributed by atoms with Crippen LogP contribution in [0.5, 0.6) is 5.75 Å². The molecule has 1 fully saturated rings. The highest BCUT2D eigenvalue weighted by molar-refractivity contribution is 6.04. The molecule has 4 nitrogen and oxygen atoms in total. The molecule has 0 radical (unpaired) electrons. The third kappa shape index (κ3) is 1.46. The van der Waals surface area contributed by atoms with Crippen LogP contribution in [0.15, 0.2) is 12.1 Å². The summed E-state index contributed by atoms with van der Waals surface area (Å²) in [6, 6.07) is 2.84. The van der Waals surface area contributed by atoms with Gasteiger partial charge in [-0.3, -0.25) is 4.79 Å². The third-order valence-electron chi connectivity index (χ3n) is 3.81. The van der Waals surface area contributed by atoms with Crippen molar-refractivity contribution in [3.05, 3.63) is 17.9 Å². The number of carbonyl (C=O) groups excluding carboxylic acids is 1. The van der Waals surface area contributed by atoms with E-state index in [-0.39, 0.29) is 17.7 Å². The number of anilines is 2. The van der Waals surface area contributed by atoms with Crippen molar-refractivity contribution in [2.24, 2.45) is 5.92 Å². The second-order valence-corrected chi connectivity index (χ2v) is 4.90. The number of hydrogen-bond donors (Lipinski definition) is 1. The molecule has 2 aliphatic rings. The summed E-state index contributed by atoms with van der Waals surface area (Å²) >= 11 is 0. The Kier molecular flexibility index (Phi) is 2.43. The Morgan fingerprint density at radius 2 is 2.28 bits per heavy atom. The molecule has 1 aromatic rings. The van der Waals surface area contributed by atoms with E-state index in [1.165, 1.54) is 13.2 Å². The van der Waals surface area contributed by atoms with Gasteiger partial charge in [-0.1, -0.05) is 6.92 Å². The summed E-state index contributed by atoms with van der Waals surface area (Å²) in [6.07, 6.45) is 0.969. The summed E-state index contributed by atoms with van der Waals surface area (Å²) in [5.41, 5.74) is 1.38. The lowest BCUT2D eigenvalue weighted by Crippen LogP contribution is -2.46. The third-order valence-corrected chi connectivity index (χ3v) is 3.81. The first kappa shape index (κ1) is 11.3. The summed E-state index contributed by atoms with van der Waals surface area (Å²) in [6.45, 7) is 2.89. The summed E-state index contributed by atoms with van der Waals surface area (Å²) in [5.74, 6) is 0.0247. The molecule has 2 aliphatic heterocycles. The van der Waals surface area contributed by atoms with Crippen LogP contribution in [-0.4, -0.2) is 25.6 Å². The fourth-order valence-corrected chi connectivity index (χ4v) is 2.86. The molecule has 5 heteroatoms. The zero-order chi connectivity index (χ0) is 12.9. The standard InChI is InChI=1S/C13H15FN2O2/c1-7-3-4-16-10-6-11(18-2)8(14)5-9(10)15-13(17)12(7)16/h5-7,12H,3-4H2,1-2H3,(H,15,17). The Bertz CT molecular complexity index is 518. The fourth-order valence-electron chi connectivity index (χ4n) is 2.86. The van der Waals surface area contributed by atoms with Gasteiger partial charge in [0.05, 0.1) is 18.5 Å². The molecule has 0 spiro atoms. The van der Waals surface area contributed by atoms with E-state index >= 15 is 0 Å². The van der Waals surface area contributed by atoms with E-state index in [0.717, 1.165) is 18.7 Å². The SMILES string of the molecule is COc1cc2c(cc1F)NC(=O)C1C(C)CCN21. The van der Waals surface area contributed by atoms with Crippen molar-refractivity contribution in [1.29, 1.82) is 0 Å². The van der Waals surface area contributed by atoms with Gasteiger partial charge in [-0.15, -0.1) is 0 Å². The number of amides is 1. The first-order valence-corrected chi connectivity index (χ1v) is 6.07. The van der Waals surface area contributed by atoms with Gasteiger partial charge in [-0.2, -0.15) is 0 Å². The van der Waals surface area contributed by atoms with Gasteiger partial charge in [-0.05, 0) is 12.3 Å². The van der Waals surface area contributed by atoms with E-state index in [2.05, 4.69) is 12.2 Å². The molecule has 1 aromatic carbocycles. The van der Waals surface area contributed by atoms with E-state index < -0.39 is 5.82 Å². The molecular weight excluding hydrogens is 235 g/mol. The minimum Gasteiger partial charge on any atom is -0.494 e.